The van der Waals surface area contributed by atoms with E-state index in [-0.39, 0.29) is 5.91 Å². The van der Waals surface area contributed by atoms with Crippen molar-refractivity contribution in [2.75, 3.05) is 20.3 Å². The molecular weight excluding hydrogens is 328 g/mol. The molecule has 1 amide bonds. The Bertz CT molecular complexity index is 920. The fourth-order valence-corrected chi connectivity index (χ4v) is 2.76. The third-order valence-electron chi connectivity index (χ3n) is 4.05. The van der Waals surface area contributed by atoms with Gasteiger partial charge in [-0.05, 0) is 56.3 Å². The molecule has 0 atom stereocenters. The summed E-state index contributed by atoms with van der Waals surface area (Å²) in [7, 11) is 1.62. The van der Waals surface area contributed by atoms with Crippen molar-refractivity contribution in [1.82, 2.24) is 10.3 Å². The Kier molecular flexibility index (Phi) is 5.37. The molecule has 1 N–H and O–H groups in total. The number of ether oxygens (including phenoxy) is 2. The van der Waals surface area contributed by atoms with E-state index >= 15 is 0 Å². The second-order valence-electron chi connectivity index (χ2n) is 6.11. The van der Waals surface area contributed by atoms with E-state index < -0.39 is 0 Å². The average molecular weight is 350 g/mol. The van der Waals surface area contributed by atoms with Crippen LogP contribution < -0.4 is 14.8 Å². The number of fused-ring (bicyclic) bond motifs is 1. The van der Waals surface area contributed by atoms with Crippen LogP contribution in [0.1, 0.15) is 21.6 Å². The standard InChI is InChI=1S/C21H22N2O3/c1-14-4-9-20-18(12-14)19(13-15(2)23-20)21(24)22-10-11-26-17-7-5-16(25-3)6-8-17/h4-9,12-13H,10-11H2,1-3H3,(H,22,24). The minimum Gasteiger partial charge on any atom is -0.497 e. The molecule has 0 radical (unpaired) electrons. The highest BCUT2D eigenvalue weighted by molar-refractivity contribution is 6.06. The summed E-state index contributed by atoms with van der Waals surface area (Å²) in [5.74, 6) is 1.39. The first-order valence-electron chi connectivity index (χ1n) is 8.50. The SMILES string of the molecule is COc1ccc(OCCNC(=O)c2cc(C)nc3ccc(C)cc23)cc1. The Hall–Kier alpha value is -3.08. The summed E-state index contributed by atoms with van der Waals surface area (Å²) in [6.45, 7) is 4.70. The van der Waals surface area contributed by atoms with Crippen LogP contribution in [0.5, 0.6) is 11.5 Å². The number of nitrogens with one attached hydrogen (secondary N) is 1. The minimum atomic E-state index is -0.121. The first-order valence-corrected chi connectivity index (χ1v) is 8.50. The normalized spacial score (nSPS) is 10.6. The number of aromatic nitrogens is 1. The molecule has 3 rings (SSSR count). The van der Waals surface area contributed by atoms with Crippen LogP contribution in [-0.2, 0) is 0 Å². The molecule has 3 aromatic rings. The van der Waals surface area contributed by atoms with Crippen LogP contribution in [-0.4, -0.2) is 31.2 Å². The van der Waals surface area contributed by atoms with Crippen molar-refractivity contribution in [2.45, 2.75) is 13.8 Å². The Morgan fingerprint density at radius 3 is 2.50 bits per heavy atom. The predicted molar refractivity (Wildman–Crippen MR) is 102 cm³/mol. The van der Waals surface area contributed by atoms with Crippen molar-refractivity contribution < 1.29 is 14.3 Å². The summed E-state index contributed by atoms with van der Waals surface area (Å²) in [6.07, 6.45) is 0. The van der Waals surface area contributed by atoms with Gasteiger partial charge in [0.05, 0.1) is 24.7 Å². The highest BCUT2D eigenvalue weighted by atomic mass is 16.5. The van der Waals surface area contributed by atoms with Crippen LogP contribution in [0.2, 0.25) is 0 Å². The zero-order valence-corrected chi connectivity index (χ0v) is 15.2. The molecule has 1 heterocycles. The number of carbonyl (C=O) groups excluding carboxylic acids is 1. The lowest BCUT2D eigenvalue weighted by Gasteiger charge is -2.11. The molecule has 0 saturated carbocycles. The van der Waals surface area contributed by atoms with Crippen LogP contribution in [0.15, 0.2) is 48.5 Å². The van der Waals surface area contributed by atoms with Gasteiger partial charge in [0.2, 0.25) is 0 Å². The number of nitrogens with zero attached hydrogens (tertiary/aromatic N) is 1. The number of hydrogen-bond donors (Lipinski definition) is 1. The van der Waals surface area contributed by atoms with E-state index in [4.69, 9.17) is 9.47 Å². The van der Waals surface area contributed by atoms with Gasteiger partial charge in [-0.2, -0.15) is 0 Å². The number of benzene rings is 2. The summed E-state index contributed by atoms with van der Waals surface area (Å²) in [5, 5.41) is 3.78. The Balaban J connectivity index is 1.63. The number of aryl methyl sites for hydroxylation is 2. The van der Waals surface area contributed by atoms with Crippen molar-refractivity contribution in [1.29, 1.82) is 0 Å². The van der Waals surface area contributed by atoms with Gasteiger partial charge < -0.3 is 14.8 Å². The van der Waals surface area contributed by atoms with Crippen LogP contribution in [0.25, 0.3) is 10.9 Å². The van der Waals surface area contributed by atoms with Gasteiger partial charge in [0.15, 0.2) is 0 Å². The number of rotatable bonds is 6. The van der Waals surface area contributed by atoms with Crippen molar-refractivity contribution in [3.05, 3.63) is 65.4 Å². The van der Waals surface area contributed by atoms with E-state index in [2.05, 4.69) is 10.3 Å². The molecule has 5 nitrogen and oxygen atoms in total. The highest BCUT2D eigenvalue weighted by Gasteiger charge is 2.12. The maximum absolute atomic E-state index is 12.6. The summed E-state index contributed by atoms with van der Waals surface area (Å²) in [4.78, 5) is 17.1. The molecule has 0 aliphatic rings. The molecule has 134 valence electrons. The smallest absolute Gasteiger partial charge is 0.252 e. The van der Waals surface area contributed by atoms with Crippen LogP contribution >= 0.6 is 0 Å². The zero-order valence-electron chi connectivity index (χ0n) is 15.2. The lowest BCUT2D eigenvalue weighted by molar-refractivity contribution is 0.0948. The Morgan fingerprint density at radius 2 is 1.77 bits per heavy atom. The number of pyridine rings is 1. The van der Waals surface area contributed by atoms with E-state index in [0.29, 0.717) is 18.7 Å². The summed E-state index contributed by atoms with van der Waals surface area (Å²) < 4.78 is 10.8. The average Bonchev–Trinajstić information content (AvgIpc) is 2.65. The summed E-state index contributed by atoms with van der Waals surface area (Å²) in [6, 6.07) is 15.1. The van der Waals surface area contributed by atoms with E-state index in [9.17, 15) is 4.79 Å². The maximum atomic E-state index is 12.6. The Labute approximate surface area is 153 Å². The molecule has 0 bridgehead atoms. The van der Waals surface area contributed by atoms with E-state index in [0.717, 1.165) is 33.7 Å². The molecular formula is C21H22N2O3. The lowest BCUT2D eigenvalue weighted by Crippen LogP contribution is -2.28. The van der Waals surface area contributed by atoms with Gasteiger partial charge in [0, 0.05) is 11.1 Å². The van der Waals surface area contributed by atoms with Gasteiger partial charge in [-0.1, -0.05) is 11.6 Å². The first-order chi connectivity index (χ1) is 12.6. The van der Waals surface area contributed by atoms with Gasteiger partial charge in [-0.25, -0.2) is 0 Å². The van der Waals surface area contributed by atoms with Gasteiger partial charge in [0.1, 0.15) is 18.1 Å². The lowest BCUT2D eigenvalue weighted by atomic mass is 10.0. The first kappa shape index (κ1) is 17.7. The monoisotopic (exact) mass is 350 g/mol. The molecule has 2 aromatic carbocycles. The second kappa shape index (κ2) is 7.87. The fourth-order valence-electron chi connectivity index (χ4n) is 2.76. The van der Waals surface area contributed by atoms with Gasteiger partial charge >= 0.3 is 0 Å². The van der Waals surface area contributed by atoms with Crippen LogP contribution in [0.3, 0.4) is 0 Å². The number of hydrogen-bond acceptors (Lipinski definition) is 4. The van der Waals surface area contributed by atoms with Gasteiger partial charge in [-0.15, -0.1) is 0 Å². The van der Waals surface area contributed by atoms with E-state index in [1.807, 2.05) is 62.4 Å². The zero-order chi connectivity index (χ0) is 18.5. The number of amides is 1. The molecule has 26 heavy (non-hydrogen) atoms. The minimum absolute atomic E-state index is 0.121. The molecule has 0 fully saturated rings. The van der Waals surface area contributed by atoms with Crippen molar-refractivity contribution >= 4 is 16.8 Å². The molecule has 0 saturated heterocycles. The highest BCUT2D eigenvalue weighted by Crippen LogP contribution is 2.20. The molecule has 1 aromatic heterocycles. The van der Waals surface area contributed by atoms with Crippen molar-refractivity contribution in [3.8, 4) is 11.5 Å². The largest absolute Gasteiger partial charge is 0.497 e. The third kappa shape index (κ3) is 4.11. The molecule has 0 aliphatic carbocycles. The van der Waals surface area contributed by atoms with Crippen molar-refractivity contribution in [3.63, 3.8) is 0 Å². The van der Waals surface area contributed by atoms with Gasteiger partial charge in [-0.3, -0.25) is 9.78 Å². The van der Waals surface area contributed by atoms with Crippen molar-refractivity contribution in [2.24, 2.45) is 0 Å². The quantitative estimate of drug-likeness (QED) is 0.689. The summed E-state index contributed by atoms with van der Waals surface area (Å²) in [5.41, 5.74) is 3.39. The fraction of sp³-hybridized carbons (Fsp3) is 0.238. The van der Waals surface area contributed by atoms with Crippen LogP contribution in [0.4, 0.5) is 0 Å². The molecule has 0 spiro atoms. The Morgan fingerprint density at radius 1 is 1.04 bits per heavy atom. The molecule has 5 heteroatoms. The second-order valence-corrected chi connectivity index (χ2v) is 6.11. The van der Waals surface area contributed by atoms with Crippen LogP contribution in [0, 0.1) is 13.8 Å². The van der Waals surface area contributed by atoms with E-state index in [1.54, 1.807) is 7.11 Å². The number of carbonyl (C=O) groups is 1. The predicted octanol–water partition coefficient (Wildman–Crippen LogP) is 3.67. The number of methoxy groups -OCH3 is 1. The maximum Gasteiger partial charge on any atom is 0.252 e. The van der Waals surface area contributed by atoms with E-state index in [1.165, 1.54) is 0 Å². The third-order valence-corrected chi connectivity index (χ3v) is 4.05. The molecule has 0 aliphatic heterocycles. The molecule has 0 unspecified atom stereocenters. The summed E-state index contributed by atoms with van der Waals surface area (Å²) >= 11 is 0. The van der Waals surface area contributed by atoms with Gasteiger partial charge in [0.25, 0.3) is 5.91 Å². The topological polar surface area (TPSA) is 60.5 Å².